The van der Waals surface area contributed by atoms with Crippen molar-refractivity contribution in [3.63, 3.8) is 0 Å². The Bertz CT molecular complexity index is 713. The number of hydrogen-bond donors (Lipinski definition) is 1. The maximum Gasteiger partial charge on any atom is 0.263 e. The van der Waals surface area contributed by atoms with Crippen LogP contribution < -0.4 is 5.32 Å². The Morgan fingerprint density at radius 1 is 1.30 bits per heavy atom. The summed E-state index contributed by atoms with van der Waals surface area (Å²) in [6, 6.07) is 7.38. The van der Waals surface area contributed by atoms with Crippen molar-refractivity contribution >= 4 is 28.8 Å². The lowest BCUT2D eigenvalue weighted by atomic mass is 10.3. The molecular formula is C13H11FN4OS. The van der Waals surface area contributed by atoms with Gasteiger partial charge in [-0.05, 0) is 30.8 Å². The van der Waals surface area contributed by atoms with Crippen LogP contribution in [0.1, 0.15) is 6.92 Å². The first-order valence-corrected chi connectivity index (χ1v) is 6.87. The van der Waals surface area contributed by atoms with Gasteiger partial charge in [-0.2, -0.15) is 0 Å². The minimum Gasteiger partial charge on any atom is -0.431 e. The van der Waals surface area contributed by atoms with Gasteiger partial charge in [-0.3, -0.25) is 0 Å². The number of para-hydroxylation sites is 2. The number of halogens is 1. The smallest absolute Gasteiger partial charge is 0.263 e. The van der Waals surface area contributed by atoms with Crippen LogP contribution in [0.2, 0.25) is 0 Å². The lowest BCUT2D eigenvalue weighted by Gasteiger charge is -2.03. The number of oxazole rings is 1. The minimum absolute atomic E-state index is 0.183. The highest BCUT2D eigenvalue weighted by Gasteiger charge is 2.13. The summed E-state index contributed by atoms with van der Waals surface area (Å²) in [5.41, 5.74) is 1.40. The van der Waals surface area contributed by atoms with E-state index in [1.807, 2.05) is 31.2 Å². The maximum atomic E-state index is 13.7. The third-order valence-electron chi connectivity index (χ3n) is 2.51. The molecule has 20 heavy (non-hydrogen) atoms. The zero-order chi connectivity index (χ0) is 13.9. The summed E-state index contributed by atoms with van der Waals surface area (Å²) >= 11 is 1.04. The summed E-state index contributed by atoms with van der Waals surface area (Å²) in [6.45, 7) is 2.58. The molecule has 1 aromatic carbocycles. The van der Waals surface area contributed by atoms with E-state index in [0.717, 1.165) is 23.5 Å². The van der Waals surface area contributed by atoms with Gasteiger partial charge < -0.3 is 9.73 Å². The van der Waals surface area contributed by atoms with Crippen LogP contribution in [0.4, 0.5) is 10.3 Å². The Hall–Kier alpha value is -2.15. The molecule has 2 aromatic heterocycles. The van der Waals surface area contributed by atoms with E-state index in [9.17, 15) is 4.39 Å². The van der Waals surface area contributed by atoms with Crippen LogP contribution in [0.5, 0.6) is 0 Å². The van der Waals surface area contributed by atoms with E-state index in [0.29, 0.717) is 23.3 Å². The molecule has 0 atom stereocenters. The molecular weight excluding hydrogens is 279 g/mol. The van der Waals surface area contributed by atoms with E-state index in [1.165, 1.54) is 0 Å². The van der Waals surface area contributed by atoms with Gasteiger partial charge in [0.2, 0.25) is 5.95 Å². The Morgan fingerprint density at radius 2 is 2.15 bits per heavy atom. The molecule has 3 rings (SSSR count). The van der Waals surface area contributed by atoms with E-state index >= 15 is 0 Å². The second-order valence-electron chi connectivity index (χ2n) is 3.93. The number of rotatable bonds is 4. The van der Waals surface area contributed by atoms with Crippen molar-refractivity contribution in [2.24, 2.45) is 0 Å². The second kappa shape index (κ2) is 5.46. The summed E-state index contributed by atoms with van der Waals surface area (Å²) in [5, 5.41) is 3.47. The topological polar surface area (TPSA) is 63.8 Å². The zero-order valence-corrected chi connectivity index (χ0v) is 11.4. The number of benzene rings is 1. The fourth-order valence-electron chi connectivity index (χ4n) is 1.64. The monoisotopic (exact) mass is 290 g/mol. The summed E-state index contributed by atoms with van der Waals surface area (Å²) in [5.74, 6) is -0.119. The fraction of sp³-hybridized carbons (Fsp3) is 0.154. The van der Waals surface area contributed by atoms with E-state index in [2.05, 4.69) is 20.3 Å². The molecule has 3 aromatic rings. The Kier molecular flexibility index (Phi) is 3.51. The number of nitrogens with zero attached hydrogens (tertiary/aromatic N) is 3. The summed E-state index contributed by atoms with van der Waals surface area (Å²) in [4.78, 5) is 12.2. The number of anilines is 1. The molecule has 0 unspecified atom stereocenters. The standard InChI is InChI=1S/C13H11FN4OS/c1-2-15-12-16-7-8(14)11(18-12)20-13-17-9-5-3-4-6-10(9)19-13/h3-7H,2H2,1H3,(H,15,16,18). The normalized spacial score (nSPS) is 10.9. The molecule has 0 radical (unpaired) electrons. The molecule has 0 aliphatic carbocycles. The van der Waals surface area contributed by atoms with Gasteiger partial charge in [0.05, 0.1) is 6.20 Å². The number of fused-ring (bicyclic) bond motifs is 1. The second-order valence-corrected chi connectivity index (χ2v) is 4.87. The van der Waals surface area contributed by atoms with E-state index < -0.39 is 5.82 Å². The summed E-state index contributed by atoms with van der Waals surface area (Å²) in [6.07, 6.45) is 1.13. The third-order valence-corrected chi connectivity index (χ3v) is 3.33. The highest BCUT2D eigenvalue weighted by Crippen LogP contribution is 2.30. The van der Waals surface area contributed by atoms with Crippen LogP contribution in [-0.4, -0.2) is 21.5 Å². The largest absolute Gasteiger partial charge is 0.431 e. The minimum atomic E-state index is -0.501. The molecule has 0 saturated heterocycles. The average Bonchev–Trinajstić information content (AvgIpc) is 2.85. The Labute approximate surface area is 118 Å². The molecule has 2 heterocycles. The lowest BCUT2D eigenvalue weighted by Crippen LogP contribution is -2.03. The average molecular weight is 290 g/mol. The molecule has 0 fully saturated rings. The molecule has 7 heteroatoms. The van der Waals surface area contributed by atoms with Gasteiger partial charge in [-0.15, -0.1) is 0 Å². The van der Waals surface area contributed by atoms with Crippen LogP contribution in [0.15, 0.2) is 45.1 Å². The van der Waals surface area contributed by atoms with Crippen LogP contribution >= 0.6 is 11.8 Å². The predicted molar refractivity (Wildman–Crippen MR) is 74.3 cm³/mol. The Morgan fingerprint density at radius 3 is 2.95 bits per heavy atom. The quantitative estimate of drug-likeness (QED) is 0.743. The van der Waals surface area contributed by atoms with Crippen molar-refractivity contribution in [1.82, 2.24) is 15.0 Å². The molecule has 0 amide bonds. The van der Waals surface area contributed by atoms with Gasteiger partial charge in [0.25, 0.3) is 5.22 Å². The first-order valence-electron chi connectivity index (χ1n) is 6.06. The van der Waals surface area contributed by atoms with Gasteiger partial charge in [0, 0.05) is 6.54 Å². The molecule has 0 spiro atoms. The Balaban J connectivity index is 1.91. The number of nitrogens with one attached hydrogen (secondary N) is 1. The van der Waals surface area contributed by atoms with Crippen LogP contribution in [0.3, 0.4) is 0 Å². The third kappa shape index (κ3) is 2.57. The fourth-order valence-corrected chi connectivity index (χ4v) is 2.37. The molecule has 102 valence electrons. The van der Waals surface area contributed by atoms with Crippen LogP contribution in [0, 0.1) is 5.82 Å². The SMILES string of the molecule is CCNc1ncc(F)c(Sc2nc3ccccc3o2)n1. The van der Waals surface area contributed by atoms with Gasteiger partial charge >= 0.3 is 0 Å². The first-order chi connectivity index (χ1) is 9.76. The van der Waals surface area contributed by atoms with E-state index in [4.69, 9.17) is 4.42 Å². The molecule has 0 aliphatic heterocycles. The van der Waals surface area contributed by atoms with Crippen LogP contribution in [-0.2, 0) is 0 Å². The zero-order valence-electron chi connectivity index (χ0n) is 10.6. The highest BCUT2D eigenvalue weighted by molar-refractivity contribution is 7.99. The van der Waals surface area contributed by atoms with Crippen molar-refractivity contribution in [1.29, 1.82) is 0 Å². The van der Waals surface area contributed by atoms with Crippen molar-refractivity contribution in [3.05, 3.63) is 36.3 Å². The van der Waals surface area contributed by atoms with Gasteiger partial charge in [0.15, 0.2) is 11.4 Å². The molecule has 0 saturated carbocycles. The predicted octanol–water partition coefficient (Wildman–Crippen LogP) is 3.34. The molecule has 5 nitrogen and oxygen atoms in total. The van der Waals surface area contributed by atoms with Crippen molar-refractivity contribution < 1.29 is 8.81 Å². The highest BCUT2D eigenvalue weighted by atomic mass is 32.2. The van der Waals surface area contributed by atoms with Crippen molar-refractivity contribution in [2.45, 2.75) is 17.2 Å². The van der Waals surface area contributed by atoms with Crippen LogP contribution in [0.25, 0.3) is 11.1 Å². The lowest BCUT2D eigenvalue weighted by molar-refractivity contribution is 0.487. The molecule has 1 N–H and O–H groups in total. The van der Waals surface area contributed by atoms with E-state index in [-0.39, 0.29) is 5.03 Å². The van der Waals surface area contributed by atoms with Gasteiger partial charge in [0.1, 0.15) is 10.5 Å². The summed E-state index contributed by atoms with van der Waals surface area (Å²) < 4.78 is 19.2. The number of hydrogen-bond acceptors (Lipinski definition) is 6. The number of aromatic nitrogens is 3. The van der Waals surface area contributed by atoms with Crippen molar-refractivity contribution in [2.75, 3.05) is 11.9 Å². The maximum absolute atomic E-state index is 13.7. The first kappa shape index (κ1) is 12.9. The molecule has 0 bridgehead atoms. The van der Waals surface area contributed by atoms with E-state index in [1.54, 1.807) is 0 Å². The summed E-state index contributed by atoms with van der Waals surface area (Å²) in [7, 11) is 0. The molecule has 0 aliphatic rings. The van der Waals surface area contributed by atoms with Gasteiger partial charge in [-0.1, -0.05) is 12.1 Å². The van der Waals surface area contributed by atoms with Gasteiger partial charge in [-0.25, -0.2) is 19.3 Å². The van der Waals surface area contributed by atoms with Crippen molar-refractivity contribution in [3.8, 4) is 0 Å².